The van der Waals surface area contributed by atoms with Gasteiger partial charge in [-0.05, 0) is 32.9 Å². The average molecular weight is 473 g/mol. The highest BCUT2D eigenvalue weighted by Gasteiger charge is 2.22. The van der Waals surface area contributed by atoms with Gasteiger partial charge in [0.2, 0.25) is 0 Å². The summed E-state index contributed by atoms with van der Waals surface area (Å²) in [6.07, 6.45) is 3.22. The van der Waals surface area contributed by atoms with Crippen molar-refractivity contribution in [3.63, 3.8) is 0 Å². The number of aryl methyl sites for hydroxylation is 4. The van der Waals surface area contributed by atoms with Crippen LogP contribution >= 0.6 is 0 Å². The van der Waals surface area contributed by atoms with E-state index in [0.717, 1.165) is 17.0 Å². The smallest absolute Gasteiger partial charge is 0.256 e. The fourth-order valence-electron chi connectivity index (χ4n) is 4.41. The minimum Gasteiger partial charge on any atom is -0.319 e. The average Bonchev–Trinajstić information content (AvgIpc) is 3.45. The maximum atomic E-state index is 14.0. The van der Waals surface area contributed by atoms with E-state index in [2.05, 4.69) is 20.6 Å². The summed E-state index contributed by atoms with van der Waals surface area (Å²) in [6, 6.07) is 8.33. The third-order valence-corrected chi connectivity index (χ3v) is 6.16. The summed E-state index contributed by atoms with van der Waals surface area (Å²) in [7, 11) is 3.69. The minimum atomic E-state index is -0.306. The Kier molecular flexibility index (Phi) is 5.43. The molecule has 0 saturated carbocycles. The Morgan fingerprint density at radius 3 is 2.51 bits per heavy atom. The second-order valence-electron chi connectivity index (χ2n) is 8.60. The Morgan fingerprint density at radius 2 is 1.80 bits per heavy atom. The van der Waals surface area contributed by atoms with Crippen molar-refractivity contribution in [2.24, 2.45) is 14.1 Å². The highest BCUT2D eigenvalue weighted by atomic mass is 19.1. The van der Waals surface area contributed by atoms with Crippen molar-refractivity contribution < 1.29 is 9.18 Å². The zero-order valence-corrected chi connectivity index (χ0v) is 20.2. The quantitative estimate of drug-likeness (QED) is 0.418. The molecule has 0 fully saturated rings. The van der Waals surface area contributed by atoms with Crippen molar-refractivity contribution in [3.05, 3.63) is 76.8 Å². The van der Waals surface area contributed by atoms with E-state index in [1.54, 1.807) is 50.7 Å². The van der Waals surface area contributed by atoms with E-state index in [1.807, 2.05) is 34.9 Å². The van der Waals surface area contributed by atoms with Crippen LogP contribution in [0.25, 0.3) is 22.3 Å². The van der Waals surface area contributed by atoms with Crippen LogP contribution in [0.3, 0.4) is 0 Å². The Balaban J connectivity index is 1.51. The monoisotopic (exact) mass is 472 g/mol. The number of amides is 1. The van der Waals surface area contributed by atoms with Gasteiger partial charge in [0.15, 0.2) is 5.65 Å². The Labute approximate surface area is 201 Å². The van der Waals surface area contributed by atoms with E-state index >= 15 is 0 Å². The number of fused-ring (bicyclic) bond motifs is 1. The molecular formula is C25H25FN8O. The molecule has 0 radical (unpaired) electrons. The third kappa shape index (κ3) is 3.96. The lowest BCUT2D eigenvalue weighted by Crippen LogP contribution is -2.13. The number of aromatic nitrogens is 7. The topological polar surface area (TPSA) is 95.5 Å². The standard InChI is InChI=1S/C25H25FN8O/c1-14-22(16(3)32(4)30-14)21-10-19(23-15(2)31-33(5)24(23)29-21)25(35)28-18-11-27-34(13-18)12-17-8-6-7-9-20(17)26/h6-11,13H,12H2,1-5H3,(H,28,35). The number of anilines is 1. The van der Waals surface area contributed by atoms with Gasteiger partial charge in [0, 0.05) is 37.1 Å². The van der Waals surface area contributed by atoms with Gasteiger partial charge < -0.3 is 5.32 Å². The first kappa shape index (κ1) is 22.5. The number of nitrogens with one attached hydrogen (secondary N) is 1. The molecule has 0 bridgehead atoms. The van der Waals surface area contributed by atoms with Crippen LogP contribution in [0.5, 0.6) is 0 Å². The van der Waals surface area contributed by atoms with Crippen molar-refractivity contribution in [2.45, 2.75) is 27.3 Å². The summed E-state index contributed by atoms with van der Waals surface area (Å²) >= 11 is 0. The van der Waals surface area contributed by atoms with Crippen LogP contribution in [0.15, 0.2) is 42.7 Å². The molecule has 0 aliphatic rings. The van der Waals surface area contributed by atoms with Crippen LogP contribution < -0.4 is 5.32 Å². The summed E-state index contributed by atoms with van der Waals surface area (Å²) in [6.45, 7) is 6.01. The highest BCUT2D eigenvalue weighted by molar-refractivity contribution is 6.13. The number of benzene rings is 1. The molecule has 35 heavy (non-hydrogen) atoms. The largest absolute Gasteiger partial charge is 0.319 e. The fourth-order valence-corrected chi connectivity index (χ4v) is 4.41. The summed E-state index contributed by atoms with van der Waals surface area (Å²) in [5.41, 5.74) is 6.13. The van der Waals surface area contributed by atoms with Crippen molar-refractivity contribution in [1.29, 1.82) is 0 Å². The Hall–Kier alpha value is -4.34. The molecule has 1 amide bonds. The van der Waals surface area contributed by atoms with Crippen LogP contribution in [0.1, 0.15) is 33.0 Å². The van der Waals surface area contributed by atoms with Gasteiger partial charge in [-0.1, -0.05) is 18.2 Å². The van der Waals surface area contributed by atoms with Gasteiger partial charge in [-0.2, -0.15) is 15.3 Å². The number of carbonyl (C=O) groups excluding carboxylic acids is 1. The number of carbonyl (C=O) groups is 1. The van der Waals surface area contributed by atoms with Gasteiger partial charge >= 0.3 is 0 Å². The first-order chi connectivity index (χ1) is 16.7. The Morgan fingerprint density at radius 1 is 1.06 bits per heavy atom. The van der Waals surface area contributed by atoms with E-state index in [4.69, 9.17) is 4.98 Å². The number of rotatable bonds is 5. The number of nitrogens with zero attached hydrogens (tertiary/aromatic N) is 7. The molecule has 0 saturated heterocycles. The van der Waals surface area contributed by atoms with Crippen LogP contribution in [0, 0.1) is 26.6 Å². The maximum absolute atomic E-state index is 14.0. The lowest BCUT2D eigenvalue weighted by atomic mass is 10.0. The predicted molar refractivity (Wildman–Crippen MR) is 131 cm³/mol. The van der Waals surface area contributed by atoms with E-state index in [9.17, 15) is 9.18 Å². The molecule has 1 N–H and O–H groups in total. The van der Waals surface area contributed by atoms with Crippen molar-refractivity contribution in [2.75, 3.05) is 5.32 Å². The van der Waals surface area contributed by atoms with Gasteiger partial charge in [-0.15, -0.1) is 0 Å². The zero-order chi connectivity index (χ0) is 24.9. The maximum Gasteiger partial charge on any atom is 0.256 e. The predicted octanol–water partition coefficient (Wildman–Crippen LogP) is 3.93. The van der Waals surface area contributed by atoms with Crippen molar-refractivity contribution in [3.8, 4) is 11.3 Å². The van der Waals surface area contributed by atoms with Crippen LogP contribution in [0.2, 0.25) is 0 Å². The number of pyridine rings is 1. The van der Waals surface area contributed by atoms with Crippen LogP contribution in [0.4, 0.5) is 10.1 Å². The van der Waals surface area contributed by atoms with Gasteiger partial charge in [0.25, 0.3) is 5.91 Å². The molecule has 0 aliphatic heterocycles. The highest BCUT2D eigenvalue weighted by Crippen LogP contribution is 2.30. The van der Waals surface area contributed by atoms with E-state index < -0.39 is 0 Å². The SMILES string of the molecule is Cc1nn(C)c(C)c1-c1cc(C(=O)Nc2cnn(Cc3ccccc3F)c2)c2c(C)nn(C)c2n1. The molecule has 0 aliphatic carbocycles. The van der Waals surface area contributed by atoms with Crippen molar-refractivity contribution >= 4 is 22.6 Å². The number of hydrogen-bond donors (Lipinski definition) is 1. The zero-order valence-electron chi connectivity index (χ0n) is 20.2. The second-order valence-corrected chi connectivity index (χ2v) is 8.60. The molecule has 10 heteroatoms. The second kappa shape index (κ2) is 8.46. The molecule has 4 aromatic heterocycles. The molecule has 5 aromatic rings. The fraction of sp³-hybridized carbons (Fsp3) is 0.240. The third-order valence-electron chi connectivity index (χ3n) is 6.16. The molecule has 4 heterocycles. The molecule has 0 unspecified atom stereocenters. The van der Waals surface area contributed by atoms with E-state index in [-0.39, 0.29) is 18.3 Å². The molecule has 5 rings (SSSR count). The minimum absolute atomic E-state index is 0.257. The van der Waals surface area contributed by atoms with E-state index in [1.165, 1.54) is 6.07 Å². The summed E-state index contributed by atoms with van der Waals surface area (Å²) in [5, 5.41) is 16.9. The lowest BCUT2D eigenvalue weighted by Gasteiger charge is -2.09. The number of hydrogen-bond acceptors (Lipinski definition) is 5. The molecule has 0 spiro atoms. The van der Waals surface area contributed by atoms with Gasteiger partial charge in [0.1, 0.15) is 5.82 Å². The first-order valence-corrected chi connectivity index (χ1v) is 11.1. The van der Waals surface area contributed by atoms with Crippen LogP contribution in [-0.2, 0) is 20.6 Å². The molecule has 178 valence electrons. The molecular weight excluding hydrogens is 447 g/mol. The van der Waals surface area contributed by atoms with Crippen molar-refractivity contribution in [1.82, 2.24) is 34.3 Å². The lowest BCUT2D eigenvalue weighted by molar-refractivity contribution is 0.102. The van der Waals surface area contributed by atoms with Gasteiger partial charge in [-0.25, -0.2) is 9.37 Å². The normalized spacial score (nSPS) is 11.4. The summed E-state index contributed by atoms with van der Waals surface area (Å²) in [4.78, 5) is 18.3. The van der Waals surface area contributed by atoms with Crippen LogP contribution in [-0.4, -0.2) is 40.2 Å². The van der Waals surface area contributed by atoms with Gasteiger partial charge in [-0.3, -0.25) is 18.8 Å². The molecule has 9 nitrogen and oxygen atoms in total. The van der Waals surface area contributed by atoms with Gasteiger partial charge in [0.05, 0.1) is 46.5 Å². The summed E-state index contributed by atoms with van der Waals surface area (Å²) < 4.78 is 19.1. The Bertz CT molecular complexity index is 1590. The van der Waals surface area contributed by atoms with E-state index in [0.29, 0.717) is 39.2 Å². The number of halogens is 1. The molecule has 1 aromatic carbocycles. The summed E-state index contributed by atoms with van der Waals surface area (Å²) in [5.74, 6) is -0.604. The first-order valence-electron chi connectivity index (χ1n) is 11.1. The molecule has 0 atom stereocenters.